The summed E-state index contributed by atoms with van der Waals surface area (Å²) in [7, 11) is 0. The molecule has 0 saturated carbocycles. The van der Waals surface area contributed by atoms with E-state index in [1.807, 2.05) is 27.7 Å². The summed E-state index contributed by atoms with van der Waals surface area (Å²) in [6.07, 6.45) is 2.51. The minimum atomic E-state index is -0.555. The van der Waals surface area contributed by atoms with Gasteiger partial charge in [-0.2, -0.15) is 0 Å². The molecule has 0 aliphatic rings. The van der Waals surface area contributed by atoms with Crippen LogP contribution in [0.4, 0.5) is 10.6 Å². The number of carbonyl (C=O) groups is 1. The normalized spacial score (nSPS) is 11.8. The minimum absolute atomic E-state index is 0.361. The van der Waals surface area contributed by atoms with Crippen LogP contribution in [-0.2, 0) is 4.74 Å². The van der Waals surface area contributed by atoms with E-state index in [1.54, 1.807) is 6.20 Å². The number of fused-ring (bicyclic) bond motifs is 1. The molecule has 0 aliphatic carbocycles. The predicted molar refractivity (Wildman–Crippen MR) is 68.3 cm³/mol. The van der Waals surface area contributed by atoms with Crippen molar-refractivity contribution in [2.24, 2.45) is 0 Å². The Balaban J connectivity index is 2.53. The van der Waals surface area contributed by atoms with Crippen LogP contribution in [0.5, 0.6) is 0 Å². The van der Waals surface area contributed by atoms with Crippen molar-refractivity contribution in [3.05, 3.63) is 18.1 Å². The first-order valence-electron chi connectivity index (χ1n) is 5.61. The van der Waals surface area contributed by atoms with Crippen LogP contribution < -0.4 is 5.73 Å². The van der Waals surface area contributed by atoms with Crippen LogP contribution >= 0.6 is 0 Å². The molecule has 0 saturated heterocycles. The quantitative estimate of drug-likeness (QED) is 0.772. The third-order valence-electron chi connectivity index (χ3n) is 2.39. The Morgan fingerprint density at radius 3 is 2.67 bits per heavy atom. The Hall–Kier alpha value is -2.11. The van der Waals surface area contributed by atoms with Crippen LogP contribution in [0.3, 0.4) is 0 Å². The van der Waals surface area contributed by atoms with Gasteiger partial charge in [-0.1, -0.05) is 0 Å². The van der Waals surface area contributed by atoms with Crippen LogP contribution in [-0.4, -0.2) is 26.2 Å². The molecule has 2 heterocycles. The molecule has 0 bridgehead atoms. The first-order chi connectivity index (χ1) is 8.29. The maximum atomic E-state index is 12.0. The van der Waals surface area contributed by atoms with E-state index in [9.17, 15) is 4.79 Å². The molecule has 2 N–H and O–H groups in total. The van der Waals surface area contributed by atoms with Crippen molar-refractivity contribution in [3.63, 3.8) is 0 Å². The van der Waals surface area contributed by atoms with Gasteiger partial charge in [0, 0.05) is 6.20 Å². The van der Waals surface area contributed by atoms with Gasteiger partial charge in [0.1, 0.15) is 17.7 Å². The van der Waals surface area contributed by atoms with Crippen LogP contribution in [0.25, 0.3) is 11.0 Å². The Labute approximate surface area is 105 Å². The van der Waals surface area contributed by atoms with Crippen LogP contribution in [0.15, 0.2) is 12.5 Å². The van der Waals surface area contributed by atoms with Crippen molar-refractivity contribution in [1.82, 2.24) is 14.5 Å². The van der Waals surface area contributed by atoms with Gasteiger partial charge in [-0.15, -0.1) is 0 Å². The molecule has 0 unspecified atom stereocenters. The summed E-state index contributed by atoms with van der Waals surface area (Å²) in [4.78, 5) is 20.0. The maximum absolute atomic E-state index is 12.0. The van der Waals surface area contributed by atoms with Crippen LogP contribution in [0, 0.1) is 6.92 Å². The van der Waals surface area contributed by atoms with Gasteiger partial charge in [0.25, 0.3) is 0 Å². The highest BCUT2D eigenvalue weighted by atomic mass is 16.6. The van der Waals surface area contributed by atoms with Crippen molar-refractivity contribution in [2.75, 3.05) is 5.73 Å². The van der Waals surface area contributed by atoms with E-state index in [0.29, 0.717) is 16.9 Å². The van der Waals surface area contributed by atoms with Gasteiger partial charge in [0.05, 0.1) is 5.39 Å². The van der Waals surface area contributed by atoms with Gasteiger partial charge < -0.3 is 10.5 Å². The van der Waals surface area contributed by atoms with Crippen molar-refractivity contribution in [3.8, 4) is 0 Å². The number of nitrogen functional groups attached to an aromatic ring is 1. The fourth-order valence-electron chi connectivity index (χ4n) is 1.72. The topological polar surface area (TPSA) is 83.0 Å². The van der Waals surface area contributed by atoms with Gasteiger partial charge in [-0.25, -0.2) is 19.3 Å². The van der Waals surface area contributed by atoms with Crippen molar-refractivity contribution < 1.29 is 9.53 Å². The maximum Gasteiger partial charge on any atom is 0.420 e. The highest BCUT2D eigenvalue weighted by Gasteiger charge is 2.21. The lowest BCUT2D eigenvalue weighted by Crippen LogP contribution is -2.26. The molecule has 18 heavy (non-hydrogen) atoms. The fourth-order valence-corrected chi connectivity index (χ4v) is 1.72. The van der Waals surface area contributed by atoms with Gasteiger partial charge in [0.15, 0.2) is 5.65 Å². The van der Waals surface area contributed by atoms with E-state index >= 15 is 0 Å². The average Bonchev–Trinajstić information content (AvgIpc) is 2.55. The number of nitrogens with zero attached hydrogens (tertiary/aromatic N) is 3. The standard InChI is InChI=1S/C12H16N4O2/c1-7-5-16(11(17)18-12(2,3)4)10-8(7)9(13)14-6-15-10/h5-6H,1-4H3,(H2,13,14,15). The lowest BCUT2D eigenvalue weighted by Gasteiger charge is -2.19. The number of rotatable bonds is 0. The van der Waals surface area contributed by atoms with Gasteiger partial charge in [-0.05, 0) is 33.3 Å². The number of aryl methyl sites for hydroxylation is 1. The van der Waals surface area contributed by atoms with Gasteiger partial charge in [-0.3, -0.25) is 0 Å². The second-order valence-electron chi connectivity index (χ2n) is 5.12. The van der Waals surface area contributed by atoms with Crippen molar-refractivity contribution >= 4 is 22.9 Å². The molecule has 6 heteroatoms. The molecule has 0 aliphatic heterocycles. The van der Waals surface area contributed by atoms with Crippen molar-refractivity contribution in [1.29, 1.82) is 0 Å². The summed E-state index contributed by atoms with van der Waals surface area (Å²) in [5, 5.41) is 0.684. The van der Waals surface area contributed by atoms with E-state index in [2.05, 4.69) is 9.97 Å². The van der Waals surface area contributed by atoms with E-state index in [-0.39, 0.29) is 0 Å². The zero-order valence-corrected chi connectivity index (χ0v) is 10.9. The Morgan fingerprint density at radius 2 is 2.06 bits per heavy atom. The van der Waals surface area contributed by atoms with Gasteiger partial charge in [0.2, 0.25) is 0 Å². The summed E-state index contributed by atoms with van der Waals surface area (Å²) in [5.41, 5.74) is 6.53. The van der Waals surface area contributed by atoms with Crippen LogP contribution in [0.2, 0.25) is 0 Å². The summed E-state index contributed by atoms with van der Waals surface area (Å²) < 4.78 is 6.66. The van der Waals surface area contributed by atoms with E-state index in [0.717, 1.165) is 5.56 Å². The number of nitrogens with two attached hydrogens (primary N) is 1. The third-order valence-corrected chi connectivity index (χ3v) is 2.39. The molecular weight excluding hydrogens is 232 g/mol. The third kappa shape index (κ3) is 2.13. The van der Waals surface area contributed by atoms with Crippen molar-refractivity contribution in [2.45, 2.75) is 33.3 Å². The molecular formula is C12H16N4O2. The largest absolute Gasteiger partial charge is 0.443 e. The molecule has 6 nitrogen and oxygen atoms in total. The first-order valence-corrected chi connectivity index (χ1v) is 5.61. The number of ether oxygens (including phenoxy) is 1. The predicted octanol–water partition coefficient (Wildman–Crippen LogP) is 2.11. The average molecular weight is 248 g/mol. The lowest BCUT2D eigenvalue weighted by molar-refractivity contribution is 0.0543. The molecule has 0 aromatic carbocycles. The molecule has 0 spiro atoms. The molecule has 0 atom stereocenters. The molecule has 2 rings (SSSR count). The molecule has 0 radical (unpaired) electrons. The Kier molecular flexibility index (Phi) is 2.73. The lowest BCUT2D eigenvalue weighted by atomic mass is 10.2. The fraction of sp³-hybridized carbons (Fsp3) is 0.417. The zero-order chi connectivity index (χ0) is 13.5. The van der Waals surface area contributed by atoms with Gasteiger partial charge >= 0.3 is 6.09 Å². The second-order valence-corrected chi connectivity index (χ2v) is 5.12. The molecule has 0 amide bonds. The summed E-state index contributed by atoms with van der Waals surface area (Å²) in [6, 6.07) is 0. The number of carbonyl (C=O) groups excluding carboxylic acids is 1. The molecule has 2 aromatic heterocycles. The number of hydrogen-bond acceptors (Lipinski definition) is 5. The monoisotopic (exact) mass is 248 g/mol. The summed E-state index contributed by atoms with van der Waals surface area (Å²) in [6.45, 7) is 7.29. The second kappa shape index (κ2) is 3.97. The molecule has 0 fully saturated rings. The Bertz CT molecular complexity index is 610. The zero-order valence-electron chi connectivity index (χ0n) is 10.9. The van der Waals surface area contributed by atoms with Crippen LogP contribution in [0.1, 0.15) is 26.3 Å². The highest BCUT2D eigenvalue weighted by Crippen LogP contribution is 2.23. The number of anilines is 1. The Morgan fingerprint density at radius 1 is 1.39 bits per heavy atom. The molecule has 2 aromatic rings. The smallest absolute Gasteiger partial charge is 0.420 e. The van der Waals surface area contributed by atoms with E-state index in [4.69, 9.17) is 10.5 Å². The van der Waals surface area contributed by atoms with E-state index in [1.165, 1.54) is 10.9 Å². The summed E-state index contributed by atoms with van der Waals surface area (Å²) in [5.74, 6) is 0.361. The number of aromatic nitrogens is 3. The highest BCUT2D eigenvalue weighted by molar-refractivity contribution is 5.95. The SMILES string of the molecule is Cc1cn(C(=O)OC(C)(C)C)c2ncnc(N)c12. The van der Waals surface area contributed by atoms with E-state index < -0.39 is 11.7 Å². The minimum Gasteiger partial charge on any atom is -0.443 e. The first kappa shape index (κ1) is 12.3. The molecule has 96 valence electrons. The summed E-state index contributed by atoms with van der Waals surface area (Å²) >= 11 is 0. The number of hydrogen-bond donors (Lipinski definition) is 1.